The number of nitro benzene ring substituents is 1. The number of carbonyl (C=O) groups excluding carboxylic acids is 3. The maximum absolute atomic E-state index is 13.0. The predicted octanol–water partition coefficient (Wildman–Crippen LogP) is 4.59. The second-order valence-electron chi connectivity index (χ2n) is 6.92. The average molecular weight is 496 g/mol. The van der Waals surface area contributed by atoms with Crippen LogP contribution >= 0.6 is 15.9 Å². The number of anilines is 1. The van der Waals surface area contributed by atoms with Crippen LogP contribution in [0, 0.1) is 17.0 Å². The third kappa shape index (κ3) is 3.95. The van der Waals surface area contributed by atoms with E-state index in [9.17, 15) is 24.5 Å². The zero-order chi connectivity index (χ0) is 23.0. The second kappa shape index (κ2) is 8.23. The second-order valence-corrected chi connectivity index (χ2v) is 7.77. The van der Waals surface area contributed by atoms with Gasteiger partial charge in [-0.1, -0.05) is 12.1 Å². The van der Waals surface area contributed by atoms with Crippen molar-refractivity contribution < 1.29 is 23.7 Å². The lowest BCUT2D eigenvalue weighted by Crippen LogP contribution is -2.54. The summed E-state index contributed by atoms with van der Waals surface area (Å²) in [4.78, 5) is 48.9. The predicted molar refractivity (Wildman–Crippen MR) is 119 cm³/mol. The fourth-order valence-corrected chi connectivity index (χ4v) is 3.76. The number of aryl methyl sites for hydroxylation is 1. The number of barbiturate groups is 1. The Balaban J connectivity index is 1.67. The van der Waals surface area contributed by atoms with Gasteiger partial charge < -0.3 is 4.42 Å². The summed E-state index contributed by atoms with van der Waals surface area (Å²) < 4.78 is 6.17. The fraction of sp³-hybridized carbons (Fsp3) is 0.0455. The summed E-state index contributed by atoms with van der Waals surface area (Å²) in [7, 11) is 0. The summed E-state index contributed by atoms with van der Waals surface area (Å²) in [6.45, 7) is 1.82. The molecular formula is C22H14BrN3O6. The molecule has 1 saturated heterocycles. The molecule has 10 heteroatoms. The number of amides is 4. The summed E-state index contributed by atoms with van der Waals surface area (Å²) in [5, 5.41) is 13.1. The first-order valence-electron chi connectivity index (χ1n) is 9.27. The van der Waals surface area contributed by atoms with Crippen LogP contribution in [0.2, 0.25) is 0 Å². The number of nitrogens with one attached hydrogen (secondary N) is 1. The molecular weight excluding hydrogens is 482 g/mol. The topological polar surface area (TPSA) is 123 Å². The molecule has 1 fully saturated rings. The third-order valence-corrected chi connectivity index (χ3v) is 5.36. The Morgan fingerprint density at radius 3 is 2.56 bits per heavy atom. The van der Waals surface area contributed by atoms with E-state index in [0.29, 0.717) is 21.5 Å². The van der Waals surface area contributed by atoms with Gasteiger partial charge >= 0.3 is 6.03 Å². The quantitative estimate of drug-likeness (QED) is 0.244. The summed E-state index contributed by atoms with van der Waals surface area (Å²) in [6.07, 6.45) is 1.25. The molecule has 1 aliphatic rings. The van der Waals surface area contributed by atoms with Crippen LogP contribution in [0.5, 0.6) is 0 Å². The molecule has 1 aromatic heterocycles. The van der Waals surface area contributed by atoms with Crippen LogP contribution in [0.1, 0.15) is 11.3 Å². The fourth-order valence-electron chi connectivity index (χ4n) is 3.19. The molecule has 2 aromatic carbocycles. The van der Waals surface area contributed by atoms with Crippen LogP contribution in [0.3, 0.4) is 0 Å². The highest BCUT2D eigenvalue weighted by Gasteiger charge is 2.37. The molecule has 1 N–H and O–H groups in total. The first-order valence-corrected chi connectivity index (χ1v) is 10.1. The van der Waals surface area contributed by atoms with E-state index in [2.05, 4.69) is 21.2 Å². The summed E-state index contributed by atoms with van der Waals surface area (Å²) in [5.74, 6) is -1.05. The highest BCUT2D eigenvalue weighted by molar-refractivity contribution is 9.10. The van der Waals surface area contributed by atoms with Gasteiger partial charge in [-0.3, -0.25) is 25.0 Å². The van der Waals surface area contributed by atoms with E-state index < -0.39 is 22.8 Å². The smallest absolute Gasteiger partial charge is 0.335 e. The van der Waals surface area contributed by atoms with Crippen molar-refractivity contribution in [3.63, 3.8) is 0 Å². The van der Waals surface area contributed by atoms with Crippen LogP contribution in [0.25, 0.3) is 17.4 Å². The Morgan fingerprint density at radius 2 is 1.88 bits per heavy atom. The molecule has 0 radical (unpaired) electrons. The van der Waals surface area contributed by atoms with E-state index in [1.54, 1.807) is 30.3 Å². The molecule has 2 heterocycles. The maximum Gasteiger partial charge on any atom is 0.335 e. The lowest BCUT2D eigenvalue weighted by Gasteiger charge is -2.26. The minimum absolute atomic E-state index is 0.0834. The Morgan fingerprint density at radius 1 is 1.09 bits per heavy atom. The minimum atomic E-state index is -0.835. The van der Waals surface area contributed by atoms with Crippen molar-refractivity contribution in [1.29, 1.82) is 0 Å². The Kier molecular flexibility index (Phi) is 5.45. The minimum Gasteiger partial charge on any atom is -0.457 e. The number of hydrogen-bond donors (Lipinski definition) is 1. The molecule has 0 aliphatic carbocycles. The van der Waals surface area contributed by atoms with E-state index in [1.165, 1.54) is 24.3 Å². The van der Waals surface area contributed by atoms with Gasteiger partial charge in [0, 0.05) is 22.2 Å². The zero-order valence-corrected chi connectivity index (χ0v) is 18.1. The Labute approximate surface area is 189 Å². The molecule has 4 amide bonds. The van der Waals surface area contributed by atoms with E-state index in [-0.39, 0.29) is 17.0 Å². The molecule has 0 unspecified atom stereocenters. The van der Waals surface area contributed by atoms with Crippen LogP contribution in [0.15, 0.2) is 69.1 Å². The SMILES string of the molecule is Cc1cccc(N2C(=O)NC(=O)/C(=C/c3ccc(-c4ccc([N+](=O)[O-])cc4Br)o3)C2=O)c1. The molecule has 32 heavy (non-hydrogen) atoms. The summed E-state index contributed by atoms with van der Waals surface area (Å²) in [6, 6.07) is 13.3. The van der Waals surface area contributed by atoms with Crippen molar-refractivity contribution in [2.24, 2.45) is 0 Å². The highest BCUT2D eigenvalue weighted by Crippen LogP contribution is 2.33. The average Bonchev–Trinajstić information content (AvgIpc) is 3.19. The van der Waals surface area contributed by atoms with Crippen molar-refractivity contribution in [3.05, 3.63) is 86.1 Å². The molecule has 0 saturated carbocycles. The Bertz CT molecular complexity index is 1330. The molecule has 160 valence electrons. The number of carbonyl (C=O) groups is 3. The molecule has 9 nitrogen and oxygen atoms in total. The van der Waals surface area contributed by atoms with Crippen LogP contribution in [0.4, 0.5) is 16.2 Å². The van der Waals surface area contributed by atoms with Crippen LogP contribution in [-0.4, -0.2) is 22.8 Å². The zero-order valence-electron chi connectivity index (χ0n) is 16.5. The monoisotopic (exact) mass is 495 g/mol. The van der Waals surface area contributed by atoms with E-state index >= 15 is 0 Å². The van der Waals surface area contributed by atoms with E-state index in [1.807, 2.05) is 13.0 Å². The van der Waals surface area contributed by atoms with Gasteiger partial charge in [0.05, 0.1) is 10.6 Å². The first kappa shape index (κ1) is 21.2. The van der Waals surface area contributed by atoms with Gasteiger partial charge in [0.15, 0.2) is 0 Å². The van der Waals surface area contributed by atoms with Crippen molar-refractivity contribution in [3.8, 4) is 11.3 Å². The molecule has 3 aromatic rings. The highest BCUT2D eigenvalue weighted by atomic mass is 79.9. The van der Waals surface area contributed by atoms with Gasteiger partial charge in [-0.2, -0.15) is 0 Å². The molecule has 1 aliphatic heterocycles. The number of nitro groups is 1. The number of halogens is 1. The molecule has 4 rings (SSSR count). The number of furan rings is 1. The standard InChI is InChI=1S/C22H14BrN3O6/c1-12-3-2-4-13(9-12)25-21(28)17(20(27)24-22(25)29)11-15-6-8-19(32-15)16-7-5-14(26(30)31)10-18(16)23/h2-11H,1H3,(H,24,27,29)/b17-11-. The number of benzene rings is 2. The van der Waals surface area contributed by atoms with Gasteiger partial charge in [-0.05, 0) is 64.8 Å². The lowest BCUT2D eigenvalue weighted by molar-refractivity contribution is -0.384. The number of non-ortho nitro benzene ring substituents is 1. The van der Waals surface area contributed by atoms with Gasteiger partial charge in [0.2, 0.25) is 0 Å². The number of hydrogen-bond acceptors (Lipinski definition) is 6. The van der Waals surface area contributed by atoms with Gasteiger partial charge in [-0.25, -0.2) is 9.69 Å². The Hall–Kier alpha value is -4.05. The van der Waals surface area contributed by atoms with Crippen molar-refractivity contribution >= 4 is 51.2 Å². The lowest BCUT2D eigenvalue weighted by atomic mass is 10.1. The number of urea groups is 1. The van der Waals surface area contributed by atoms with Gasteiger partial charge in [0.1, 0.15) is 17.1 Å². The molecule has 0 atom stereocenters. The van der Waals surface area contributed by atoms with Crippen LogP contribution < -0.4 is 10.2 Å². The third-order valence-electron chi connectivity index (χ3n) is 4.70. The number of rotatable bonds is 4. The maximum atomic E-state index is 13.0. The van der Waals surface area contributed by atoms with Gasteiger partial charge in [-0.15, -0.1) is 0 Å². The first-order chi connectivity index (χ1) is 15.2. The summed E-state index contributed by atoms with van der Waals surface area (Å²) in [5.41, 5.74) is 1.38. The largest absolute Gasteiger partial charge is 0.457 e. The van der Waals surface area contributed by atoms with Crippen molar-refractivity contribution in [2.45, 2.75) is 6.92 Å². The van der Waals surface area contributed by atoms with Crippen LogP contribution in [-0.2, 0) is 9.59 Å². The van der Waals surface area contributed by atoms with E-state index in [4.69, 9.17) is 4.42 Å². The molecule has 0 spiro atoms. The van der Waals surface area contributed by atoms with Crippen molar-refractivity contribution in [1.82, 2.24) is 5.32 Å². The normalized spacial score (nSPS) is 15.2. The van der Waals surface area contributed by atoms with E-state index in [0.717, 1.165) is 10.5 Å². The van der Waals surface area contributed by atoms with Crippen molar-refractivity contribution in [2.75, 3.05) is 4.90 Å². The summed E-state index contributed by atoms with van der Waals surface area (Å²) >= 11 is 3.28. The number of nitrogens with zero attached hydrogens (tertiary/aromatic N) is 2. The molecule has 0 bridgehead atoms. The van der Waals surface area contributed by atoms with Gasteiger partial charge in [0.25, 0.3) is 17.5 Å². The number of imide groups is 2.